The lowest BCUT2D eigenvalue weighted by molar-refractivity contribution is -0.133. The van der Waals surface area contributed by atoms with Gasteiger partial charge in [-0.3, -0.25) is 14.5 Å². The zero-order chi connectivity index (χ0) is 16.5. The highest BCUT2D eigenvalue weighted by atomic mass is 16.2. The van der Waals surface area contributed by atoms with Crippen LogP contribution in [-0.4, -0.2) is 86.9 Å². The summed E-state index contributed by atoms with van der Waals surface area (Å²) >= 11 is 0. The number of hydrogen-bond donors (Lipinski definition) is 1. The van der Waals surface area contributed by atoms with E-state index in [0.29, 0.717) is 6.54 Å². The molecule has 6 heteroatoms. The van der Waals surface area contributed by atoms with Gasteiger partial charge in [0.25, 0.3) is 0 Å². The molecule has 1 atom stereocenters. The smallest absolute Gasteiger partial charge is 0.243 e. The third-order valence-corrected chi connectivity index (χ3v) is 3.75. The molecule has 0 radical (unpaired) electrons. The Bertz CT molecular complexity index is 394. The molecule has 1 fully saturated rings. The molecule has 0 bridgehead atoms. The lowest BCUT2D eigenvalue weighted by atomic mass is 10.2. The van der Waals surface area contributed by atoms with Crippen molar-refractivity contribution >= 4 is 11.8 Å². The van der Waals surface area contributed by atoms with E-state index in [1.54, 1.807) is 25.1 Å². The van der Waals surface area contributed by atoms with Gasteiger partial charge in [-0.05, 0) is 39.9 Å². The molecule has 0 saturated carbocycles. The van der Waals surface area contributed by atoms with E-state index in [0.717, 1.165) is 38.9 Å². The number of carbonyl (C=O) groups excluding carboxylic acids is 2. The number of amides is 2. The number of nitrogens with one attached hydrogen (secondary N) is 1. The molecule has 1 heterocycles. The van der Waals surface area contributed by atoms with Crippen LogP contribution in [0, 0.1) is 0 Å². The van der Waals surface area contributed by atoms with E-state index >= 15 is 0 Å². The predicted octanol–water partition coefficient (Wildman–Crippen LogP) is 0.163. The monoisotopic (exact) mass is 310 g/mol. The summed E-state index contributed by atoms with van der Waals surface area (Å²) in [6.07, 6.45) is 6.31. The van der Waals surface area contributed by atoms with Crippen LogP contribution in [0.1, 0.15) is 19.3 Å². The molecule has 0 aromatic carbocycles. The standard InChI is InChI=1S/C16H30N4O2/c1-18(2)11-6-9-15(21)17-10-7-13-20-12-5-8-14(20)16(22)19(3)4/h6,9,14H,5,7-8,10-13H2,1-4H3,(H,17,21)/b9-6+. The summed E-state index contributed by atoms with van der Waals surface area (Å²) in [7, 11) is 7.53. The maximum absolute atomic E-state index is 12.1. The van der Waals surface area contributed by atoms with Gasteiger partial charge in [-0.2, -0.15) is 0 Å². The van der Waals surface area contributed by atoms with E-state index in [1.165, 1.54) is 0 Å². The van der Waals surface area contributed by atoms with Crippen LogP contribution in [0.3, 0.4) is 0 Å². The van der Waals surface area contributed by atoms with Gasteiger partial charge in [0.2, 0.25) is 11.8 Å². The lowest BCUT2D eigenvalue weighted by Gasteiger charge is -2.25. The maximum atomic E-state index is 12.1. The minimum absolute atomic E-state index is 0.0192. The molecule has 1 N–H and O–H groups in total. The van der Waals surface area contributed by atoms with Gasteiger partial charge in [0.1, 0.15) is 0 Å². The van der Waals surface area contributed by atoms with Gasteiger partial charge in [-0.25, -0.2) is 0 Å². The van der Waals surface area contributed by atoms with Crippen molar-refractivity contribution in [1.82, 2.24) is 20.0 Å². The summed E-state index contributed by atoms with van der Waals surface area (Å²) in [5.74, 6) is 0.136. The molecule has 126 valence electrons. The second-order valence-corrected chi connectivity index (χ2v) is 6.24. The molecule has 1 saturated heterocycles. The van der Waals surface area contributed by atoms with Crippen LogP contribution in [0.5, 0.6) is 0 Å². The molecular weight excluding hydrogens is 280 g/mol. The first-order chi connectivity index (χ1) is 10.4. The number of likely N-dealkylation sites (tertiary alicyclic amines) is 1. The largest absolute Gasteiger partial charge is 0.353 e. The van der Waals surface area contributed by atoms with E-state index in [1.807, 2.05) is 25.1 Å². The highest BCUT2D eigenvalue weighted by molar-refractivity contribution is 5.87. The normalized spacial score (nSPS) is 19.0. The second-order valence-electron chi connectivity index (χ2n) is 6.24. The maximum Gasteiger partial charge on any atom is 0.243 e. The minimum atomic E-state index is -0.0517. The van der Waals surface area contributed by atoms with Gasteiger partial charge < -0.3 is 15.1 Å². The summed E-state index contributed by atoms with van der Waals surface area (Å²) in [5, 5.41) is 2.88. The Kier molecular flexibility index (Phi) is 8.12. The Morgan fingerprint density at radius 2 is 2.00 bits per heavy atom. The molecule has 6 nitrogen and oxygen atoms in total. The summed E-state index contributed by atoms with van der Waals surface area (Å²) in [6.45, 7) is 3.23. The van der Waals surface area contributed by atoms with E-state index < -0.39 is 0 Å². The van der Waals surface area contributed by atoms with Crippen molar-refractivity contribution in [2.45, 2.75) is 25.3 Å². The molecule has 1 unspecified atom stereocenters. The van der Waals surface area contributed by atoms with Gasteiger partial charge in [-0.1, -0.05) is 6.08 Å². The Labute approximate surface area is 134 Å². The number of rotatable bonds is 8. The first kappa shape index (κ1) is 18.6. The average Bonchev–Trinajstić information content (AvgIpc) is 2.90. The molecule has 1 aliphatic heterocycles. The van der Waals surface area contributed by atoms with Crippen molar-refractivity contribution < 1.29 is 9.59 Å². The van der Waals surface area contributed by atoms with Gasteiger partial charge in [0.15, 0.2) is 0 Å². The molecule has 1 rings (SSSR count). The Hall–Kier alpha value is -1.40. The molecule has 0 aromatic rings. The van der Waals surface area contributed by atoms with Crippen LogP contribution in [0.2, 0.25) is 0 Å². The zero-order valence-electron chi connectivity index (χ0n) is 14.3. The first-order valence-corrected chi connectivity index (χ1v) is 7.96. The highest BCUT2D eigenvalue weighted by Gasteiger charge is 2.30. The zero-order valence-corrected chi connectivity index (χ0v) is 14.3. The average molecular weight is 310 g/mol. The molecule has 0 aromatic heterocycles. The Morgan fingerprint density at radius 1 is 1.27 bits per heavy atom. The minimum Gasteiger partial charge on any atom is -0.353 e. The van der Waals surface area contributed by atoms with Crippen LogP contribution >= 0.6 is 0 Å². The molecule has 0 spiro atoms. The summed E-state index contributed by atoms with van der Waals surface area (Å²) in [5.41, 5.74) is 0. The van der Waals surface area contributed by atoms with Gasteiger partial charge >= 0.3 is 0 Å². The summed E-state index contributed by atoms with van der Waals surface area (Å²) < 4.78 is 0. The van der Waals surface area contributed by atoms with Crippen molar-refractivity contribution in [2.24, 2.45) is 0 Å². The van der Waals surface area contributed by atoms with Crippen LogP contribution < -0.4 is 5.32 Å². The van der Waals surface area contributed by atoms with Gasteiger partial charge in [0.05, 0.1) is 6.04 Å². The van der Waals surface area contributed by atoms with Gasteiger partial charge in [-0.15, -0.1) is 0 Å². The summed E-state index contributed by atoms with van der Waals surface area (Å²) in [6, 6.07) is 0.0192. The molecular formula is C16H30N4O2. The van der Waals surface area contributed by atoms with Crippen LogP contribution in [0.15, 0.2) is 12.2 Å². The van der Waals surface area contributed by atoms with Crippen LogP contribution in [-0.2, 0) is 9.59 Å². The van der Waals surface area contributed by atoms with Gasteiger partial charge in [0, 0.05) is 39.8 Å². The molecule has 0 aliphatic carbocycles. The quantitative estimate of drug-likeness (QED) is 0.513. The third kappa shape index (κ3) is 6.58. The SMILES string of the molecule is CN(C)C/C=C/C(=O)NCCCN1CCCC1C(=O)N(C)C. The predicted molar refractivity (Wildman–Crippen MR) is 88.6 cm³/mol. The van der Waals surface area contributed by atoms with Crippen molar-refractivity contribution in [3.63, 3.8) is 0 Å². The van der Waals surface area contributed by atoms with Crippen molar-refractivity contribution in [1.29, 1.82) is 0 Å². The molecule has 1 aliphatic rings. The fourth-order valence-electron chi connectivity index (χ4n) is 2.59. The third-order valence-electron chi connectivity index (χ3n) is 3.75. The molecule has 2 amide bonds. The van der Waals surface area contributed by atoms with E-state index in [-0.39, 0.29) is 17.9 Å². The van der Waals surface area contributed by atoms with Crippen molar-refractivity contribution in [2.75, 3.05) is 54.4 Å². The fraction of sp³-hybridized carbons (Fsp3) is 0.750. The van der Waals surface area contributed by atoms with Crippen molar-refractivity contribution in [3.8, 4) is 0 Å². The topological polar surface area (TPSA) is 55.9 Å². The molecule has 22 heavy (non-hydrogen) atoms. The Morgan fingerprint density at radius 3 is 2.64 bits per heavy atom. The van der Waals surface area contributed by atoms with Crippen LogP contribution in [0.25, 0.3) is 0 Å². The highest BCUT2D eigenvalue weighted by Crippen LogP contribution is 2.18. The fourth-order valence-corrected chi connectivity index (χ4v) is 2.59. The Balaban J connectivity index is 2.22. The van der Waals surface area contributed by atoms with E-state index in [9.17, 15) is 9.59 Å². The van der Waals surface area contributed by atoms with Crippen LogP contribution in [0.4, 0.5) is 0 Å². The van der Waals surface area contributed by atoms with E-state index in [4.69, 9.17) is 0 Å². The second kappa shape index (κ2) is 9.58. The lowest BCUT2D eigenvalue weighted by Crippen LogP contribution is -2.43. The number of hydrogen-bond acceptors (Lipinski definition) is 4. The number of carbonyl (C=O) groups is 2. The van der Waals surface area contributed by atoms with E-state index in [2.05, 4.69) is 10.2 Å². The number of likely N-dealkylation sites (N-methyl/N-ethyl adjacent to an activating group) is 2. The van der Waals surface area contributed by atoms with Crippen molar-refractivity contribution in [3.05, 3.63) is 12.2 Å². The first-order valence-electron chi connectivity index (χ1n) is 7.96. The number of nitrogens with zero attached hydrogens (tertiary/aromatic N) is 3. The summed E-state index contributed by atoms with van der Waals surface area (Å²) in [4.78, 5) is 29.6.